The molecule has 41 heavy (non-hydrogen) atoms. The van der Waals surface area contributed by atoms with Gasteiger partial charge in [0.25, 0.3) is 11.8 Å². The number of carbonyl (C=O) groups is 3. The summed E-state index contributed by atoms with van der Waals surface area (Å²) in [5.74, 6) is -1.21. The van der Waals surface area contributed by atoms with E-state index in [2.05, 4.69) is 20.9 Å². The second kappa shape index (κ2) is 11.7. The Kier molecular flexibility index (Phi) is 8.40. The molecule has 3 aliphatic rings. The van der Waals surface area contributed by atoms with Crippen molar-refractivity contribution >= 4 is 29.1 Å². The van der Waals surface area contributed by atoms with Crippen molar-refractivity contribution in [2.24, 2.45) is 5.92 Å². The Morgan fingerprint density at radius 3 is 2.54 bits per heavy atom. The van der Waals surface area contributed by atoms with Gasteiger partial charge in [0.1, 0.15) is 5.60 Å². The zero-order chi connectivity index (χ0) is 29.3. The van der Waals surface area contributed by atoms with Crippen molar-refractivity contribution in [3.63, 3.8) is 0 Å². The summed E-state index contributed by atoms with van der Waals surface area (Å²) < 4.78 is 39.0. The zero-order valence-corrected chi connectivity index (χ0v) is 23.4. The Bertz CT molecular complexity index is 1280. The van der Waals surface area contributed by atoms with Gasteiger partial charge in [-0.3, -0.25) is 14.4 Å². The molecule has 1 atom stereocenters. The molecule has 4 N–H and O–H groups in total. The lowest BCUT2D eigenvalue weighted by Crippen LogP contribution is -2.58. The van der Waals surface area contributed by atoms with Crippen LogP contribution in [0.2, 0.25) is 0 Å². The van der Waals surface area contributed by atoms with Crippen molar-refractivity contribution in [1.29, 1.82) is 0 Å². The monoisotopic (exact) mass is 593 g/mol. The second-order valence-corrected chi connectivity index (χ2v) is 12.3. The van der Waals surface area contributed by atoms with E-state index < -0.39 is 34.7 Å². The first kappa shape index (κ1) is 29.5. The summed E-state index contributed by atoms with van der Waals surface area (Å²) in [6.07, 6.45) is 1.89. The predicted octanol–water partition coefficient (Wildman–Crippen LogP) is 3.05. The highest BCUT2D eigenvalue weighted by Gasteiger charge is 2.47. The van der Waals surface area contributed by atoms with E-state index in [-0.39, 0.29) is 23.9 Å². The minimum atomic E-state index is -4.57. The number of amides is 3. The van der Waals surface area contributed by atoms with Crippen LogP contribution in [0.3, 0.4) is 0 Å². The van der Waals surface area contributed by atoms with E-state index in [1.807, 2.05) is 0 Å². The molecule has 0 radical (unpaired) electrons. The van der Waals surface area contributed by atoms with Crippen LogP contribution in [-0.2, 0) is 16.6 Å². The topological polar surface area (TPSA) is 124 Å². The molecule has 3 amide bonds. The summed E-state index contributed by atoms with van der Waals surface area (Å²) in [6, 6.07) is 4.06. The van der Waals surface area contributed by atoms with Crippen molar-refractivity contribution in [2.75, 3.05) is 32.7 Å². The maximum atomic E-state index is 13.0. The Balaban J connectivity index is 1.17. The Labute approximate surface area is 239 Å². The number of hydrogen-bond donors (Lipinski definition) is 4. The van der Waals surface area contributed by atoms with E-state index in [9.17, 15) is 32.7 Å². The Morgan fingerprint density at radius 2 is 1.88 bits per heavy atom. The van der Waals surface area contributed by atoms with E-state index in [4.69, 9.17) is 0 Å². The first-order chi connectivity index (χ1) is 19.5. The molecule has 1 aromatic carbocycles. The van der Waals surface area contributed by atoms with Crippen LogP contribution in [0.25, 0.3) is 0 Å². The molecular weight excluding hydrogens is 559 g/mol. The first-order valence-electron chi connectivity index (χ1n) is 13.9. The first-order valence-corrected chi connectivity index (χ1v) is 14.8. The summed E-state index contributed by atoms with van der Waals surface area (Å²) in [5.41, 5.74) is -2.77. The number of hydrogen-bond acceptors (Lipinski definition) is 7. The van der Waals surface area contributed by atoms with Crippen molar-refractivity contribution in [3.05, 3.63) is 51.5 Å². The smallest absolute Gasteiger partial charge is 0.384 e. The molecule has 2 aromatic rings. The van der Waals surface area contributed by atoms with Crippen LogP contribution in [0, 0.1) is 5.92 Å². The summed E-state index contributed by atoms with van der Waals surface area (Å²) in [4.78, 5) is 44.9. The maximum Gasteiger partial charge on any atom is 0.416 e. The summed E-state index contributed by atoms with van der Waals surface area (Å²) in [7, 11) is 0. The lowest BCUT2D eigenvalue weighted by atomic mass is 9.69. The van der Waals surface area contributed by atoms with Crippen molar-refractivity contribution < 1.29 is 32.7 Å². The average molecular weight is 594 g/mol. The fourth-order valence-corrected chi connectivity index (χ4v) is 7.26. The van der Waals surface area contributed by atoms with Gasteiger partial charge in [-0.25, -0.2) is 4.98 Å². The van der Waals surface area contributed by atoms with Crippen molar-refractivity contribution in [3.8, 4) is 0 Å². The molecule has 1 aliphatic carbocycles. The van der Waals surface area contributed by atoms with Crippen LogP contribution in [-0.4, -0.2) is 71.0 Å². The summed E-state index contributed by atoms with van der Waals surface area (Å²) in [5, 5.41) is 20.7. The molecule has 2 saturated heterocycles. The van der Waals surface area contributed by atoms with Gasteiger partial charge in [0.2, 0.25) is 5.91 Å². The van der Waals surface area contributed by atoms with Gasteiger partial charge in [-0.1, -0.05) is 6.07 Å². The van der Waals surface area contributed by atoms with Gasteiger partial charge < -0.3 is 26.0 Å². The van der Waals surface area contributed by atoms with Crippen molar-refractivity contribution in [1.82, 2.24) is 25.8 Å². The molecule has 1 aromatic heterocycles. The number of aliphatic hydroxyl groups is 1. The highest BCUT2D eigenvalue weighted by Crippen LogP contribution is 2.46. The highest BCUT2D eigenvalue weighted by molar-refractivity contribution is 7.13. The molecule has 3 fully saturated rings. The number of rotatable bonds is 7. The summed E-state index contributed by atoms with van der Waals surface area (Å²) >= 11 is 1.25. The summed E-state index contributed by atoms with van der Waals surface area (Å²) in [6.45, 7) is 2.34. The second-order valence-electron chi connectivity index (χ2n) is 11.2. The number of carbonyl (C=O) groups excluding carboxylic acids is 3. The van der Waals surface area contributed by atoms with Crippen LogP contribution in [0.15, 0.2) is 30.5 Å². The normalized spacial score (nSPS) is 26.6. The lowest BCUT2D eigenvalue weighted by Gasteiger charge is -2.44. The van der Waals surface area contributed by atoms with Crippen LogP contribution in [0.1, 0.15) is 75.5 Å². The molecule has 9 nitrogen and oxygen atoms in total. The number of nitrogens with one attached hydrogen (secondary N) is 3. The number of thiazole rings is 1. The Morgan fingerprint density at radius 1 is 1.15 bits per heavy atom. The number of aromatic nitrogens is 1. The standard InChI is InChI=1S/C28H34F3N5O4S/c29-28(30,31)20-5-3-4-18(14-20)23(38)33-16-22(37)35-26(10-11-32-17-26)19-6-8-27(40,9-7-19)21-15-34-24(41-21)25(39)36-12-1-2-13-36/h3-5,14-15,19,32,40H,1-2,6-13,16-17H2,(H,33,38)(H,35,37)/t19?,26-,27?/m0/s1. The van der Waals surface area contributed by atoms with Gasteiger partial charge in [0.05, 0.1) is 22.5 Å². The van der Waals surface area contributed by atoms with Crippen LogP contribution >= 0.6 is 11.3 Å². The molecule has 2 aliphatic heterocycles. The SMILES string of the molecule is O=C(CNC(=O)c1cccc(C(F)(F)F)c1)N[C@@]1(C2CCC(O)(c3cnc(C(=O)N4CCCC4)s3)CC2)CCNC1. The highest BCUT2D eigenvalue weighted by atomic mass is 32.1. The van der Waals surface area contributed by atoms with E-state index in [1.165, 1.54) is 17.4 Å². The van der Waals surface area contributed by atoms with Gasteiger partial charge >= 0.3 is 6.18 Å². The Hall–Kier alpha value is -3.03. The van der Waals surface area contributed by atoms with Gasteiger partial charge in [-0.2, -0.15) is 13.2 Å². The maximum absolute atomic E-state index is 13.0. The van der Waals surface area contributed by atoms with Gasteiger partial charge in [-0.05, 0) is 75.6 Å². The molecule has 5 rings (SSSR count). The molecule has 0 spiro atoms. The third-order valence-corrected chi connectivity index (χ3v) is 9.75. The van der Waals surface area contributed by atoms with Gasteiger partial charge in [0.15, 0.2) is 5.01 Å². The largest absolute Gasteiger partial charge is 0.416 e. The molecule has 222 valence electrons. The van der Waals surface area contributed by atoms with E-state index >= 15 is 0 Å². The molecule has 3 heterocycles. The van der Waals surface area contributed by atoms with Crippen molar-refractivity contribution in [2.45, 2.75) is 62.3 Å². The number of benzene rings is 1. The van der Waals surface area contributed by atoms with Gasteiger partial charge in [-0.15, -0.1) is 11.3 Å². The van der Waals surface area contributed by atoms with E-state index in [1.54, 1.807) is 11.1 Å². The van der Waals surface area contributed by atoms with E-state index in [0.717, 1.165) is 44.1 Å². The van der Waals surface area contributed by atoms with E-state index in [0.29, 0.717) is 55.1 Å². The molecule has 0 bridgehead atoms. The minimum Gasteiger partial charge on any atom is -0.384 e. The van der Waals surface area contributed by atoms with Gasteiger partial charge in [0, 0.05) is 31.4 Å². The third kappa shape index (κ3) is 6.41. The number of halogens is 3. The number of alkyl halides is 3. The average Bonchev–Trinajstić information content (AvgIpc) is 3.74. The number of likely N-dealkylation sites (tertiary alicyclic amines) is 1. The third-order valence-electron chi connectivity index (χ3n) is 8.57. The minimum absolute atomic E-state index is 0.0690. The fourth-order valence-electron chi connectivity index (χ4n) is 6.23. The molecule has 1 saturated carbocycles. The molecule has 13 heteroatoms. The quantitative estimate of drug-likeness (QED) is 0.392. The zero-order valence-electron chi connectivity index (χ0n) is 22.6. The van der Waals surface area contributed by atoms with Crippen LogP contribution in [0.4, 0.5) is 13.2 Å². The van der Waals surface area contributed by atoms with Crippen LogP contribution < -0.4 is 16.0 Å². The number of nitrogens with zero attached hydrogens (tertiary/aromatic N) is 2. The molecular formula is C28H34F3N5O4S. The van der Waals surface area contributed by atoms with Crippen LogP contribution in [0.5, 0.6) is 0 Å². The predicted molar refractivity (Wildman–Crippen MR) is 145 cm³/mol. The lowest BCUT2D eigenvalue weighted by molar-refractivity contribution is -0.137. The fraction of sp³-hybridized carbons (Fsp3) is 0.571. The molecule has 0 unspecified atom stereocenters.